The van der Waals surface area contributed by atoms with E-state index in [4.69, 9.17) is 20.1 Å². The number of nitrogens with one attached hydrogen (secondary N) is 1. The van der Waals surface area contributed by atoms with Crippen LogP contribution in [-0.4, -0.2) is 54.4 Å². The van der Waals surface area contributed by atoms with Crippen molar-refractivity contribution < 1.29 is 9.21 Å². The smallest absolute Gasteiger partial charge is 0.245 e. The Kier molecular flexibility index (Phi) is 6.31. The van der Waals surface area contributed by atoms with Gasteiger partial charge in [0.2, 0.25) is 11.8 Å². The minimum Gasteiger partial charge on any atom is -0.443 e. The van der Waals surface area contributed by atoms with Crippen LogP contribution >= 0.6 is 0 Å². The van der Waals surface area contributed by atoms with E-state index in [1.165, 1.54) is 23.5 Å². The first kappa shape index (κ1) is 25.2. The number of nitrogens with zero attached hydrogens (tertiary/aromatic N) is 6. The van der Waals surface area contributed by atoms with Crippen molar-refractivity contribution in [3.8, 4) is 28.7 Å². The van der Waals surface area contributed by atoms with E-state index in [0.717, 1.165) is 55.5 Å². The third kappa shape index (κ3) is 4.55. The summed E-state index contributed by atoms with van der Waals surface area (Å²) < 4.78 is 7.56. The number of aryl methyl sites for hydroxylation is 1. The molecule has 0 saturated carbocycles. The molecule has 2 aliphatic rings. The zero-order valence-corrected chi connectivity index (χ0v) is 22.5. The standard InChI is InChI=1S/C31H30N8O2/c1-2-27(40)38-15-11-20(12-16-38)35-24-8-5-19-18-21(6-7-22(19)24)39-29(23-4-3-13-33-28(23)32)36-25-9-10-26(37-30(25)39)31-34-14-17-41-31/h2-4,6-7,9-10,13-14,17-18,20,24,35H,1,5,8,11-12,15-16H2,(H2,32,33)/t24-/m0/s1. The van der Waals surface area contributed by atoms with Gasteiger partial charge in [-0.2, -0.15) is 0 Å². The van der Waals surface area contributed by atoms with Gasteiger partial charge in [-0.15, -0.1) is 0 Å². The van der Waals surface area contributed by atoms with E-state index >= 15 is 0 Å². The van der Waals surface area contributed by atoms with Gasteiger partial charge >= 0.3 is 0 Å². The number of rotatable bonds is 6. The third-order valence-corrected chi connectivity index (χ3v) is 8.12. The molecule has 0 radical (unpaired) electrons. The number of hydrogen-bond donors (Lipinski definition) is 2. The molecule has 1 aliphatic heterocycles. The SMILES string of the molecule is C=CC(=O)N1CCC(N[C@H]2CCc3cc(-n4c(-c5cccnc5N)nc5ccc(-c6ncco6)nc54)ccc32)CC1. The summed E-state index contributed by atoms with van der Waals surface area (Å²) in [5.74, 6) is 1.55. The quantitative estimate of drug-likeness (QED) is 0.299. The molecule has 1 saturated heterocycles. The fourth-order valence-corrected chi connectivity index (χ4v) is 6.05. The molecule has 0 unspecified atom stereocenters. The number of imidazole rings is 1. The normalized spacial score (nSPS) is 17.2. The van der Waals surface area contributed by atoms with E-state index in [9.17, 15) is 4.79 Å². The van der Waals surface area contributed by atoms with E-state index in [2.05, 4.69) is 40.1 Å². The largest absolute Gasteiger partial charge is 0.443 e. The molecular weight excluding hydrogens is 516 g/mol. The molecule has 0 spiro atoms. The van der Waals surface area contributed by atoms with Gasteiger partial charge in [0.15, 0.2) is 11.5 Å². The maximum Gasteiger partial charge on any atom is 0.245 e. The van der Waals surface area contributed by atoms with Crippen LogP contribution in [0.2, 0.25) is 0 Å². The Labute approximate surface area is 237 Å². The van der Waals surface area contributed by atoms with Gasteiger partial charge in [0.05, 0.1) is 11.8 Å². The lowest BCUT2D eigenvalue weighted by atomic mass is 10.0. The van der Waals surface area contributed by atoms with Gasteiger partial charge in [-0.1, -0.05) is 12.6 Å². The number of pyridine rings is 2. The van der Waals surface area contributed by atoms with Crippen LogP contribution in [-0.2, 0) is 11.2 Å². The highest BCUT2D eigenvalue weighted by Crippen LogP contribution is 2.36. The minimum absolute atomic E-state index is 0.0173. The van der Waals surface area contributed by atoms with Crippen molar-refractivity contribution in [2.24, 2.45) is 0 Å². The summed E-state index contributed by atoms with van der Waals surface area (Å²) >= 11 is 0. The van der Waals surface area contributed by atoms with E-state index in [1.54, 1.807) is 12.4 Å². The maximum absolute atomic E-state index is 12.0. The Morgan fingerprint density at radius 3 is 2.73 bits per heavy atom. The second-order valence-electron chi connectivity index (χ2n) is 10.5. The molecule has 1 fully saturated rings. The average molecular weight is 547 g/mol. The average Bonchev–Trinajstić information content (AvgIpc) is 3.76. The van der Waals surface area contributed by atoms with Gasteiger partial charge in [-0.3, -0.25) is 9.36 Å². The van der Waals surface area contributed by atoms with Gasteiger partial charge in [-0.05, 0) is 79.3 Å². The summed E-state index contributed by atoms with van der Waals surface area (Å²) in [5, 5.41) is 3.87. The number of benzene rings is 1. The van der Waals surface area contributed by atoms with Crippen molar-refractivity contribution in [1.29, 1.82) is 0 Å². The van der Waals surface area contributed by atoms with Crippen molar-refractivity contribution in [2.75, 3.05) is 18.8 Å². The number of carbonyl (C=O) groups is 1. The number of oxazole rings is 1. The van der Waals surface area contributed by atoms with Crippen LogP contribution < -0.4 is 11.1 Å². The van der Waals surface area contributed by atoms with Gasteiger partial charge in [0.25, 0.3) is 0 Å². The topological polar surface area (TPSA) is 128 Å². The monoisotopic (exact) mass is 546 g/mol. The first-order valence-corrected chi connectivity index (χ1v) is 13.9. The number of nitrogens with two attached hydrogens (primary N) is 1. The molecule has 3 N–H and O–H groups in total. The molecule has 10 heteroatoms. The molecule has 1 atom stereocenters. The molecule has 10 nitrogen and oxygen atoms in total. The van der Waals surface area contributed by atoms with Gasteiger partial charge in [-0.25, -0.2) is 19.9 Å². The molecule has 5 aromatic rings. The first-order valence-electron chi connectivity index (χ1n) is 13.9. The lowest BCUT2D eigenvalue weighted by Gasteiger charge is -2.33. The molecule has 41 heavy (non-hydrogen) atoms. The molecule has 1 aromatic carbocycles. The van der Waals surface area contributed by atoms with Gasteiger partial charge in [0.1, 0.15) is 23.3 Å². The minimum atomic E-state index is 0.0173. The Morgan fingerprint density at radius 1 is 1.07 bits per heavy atom. The van der Waals surface area contributed by atoms with E-state index in [0.29, 0.717) is 34.9 Å². The molecule has 1 amide bonds. The lowest BCUT2D eigenvalue weighted by Crippen LogP contribution is -2.45. The zero-order chi connectivity index (χ0) is 27.9. The van der Waals surface area contributed by atoms with Gasteiger partial charge in [0, 0.05) is 37.1 Å². The number of likely N-dealkylation sites (tertiary alicyclic amines) is 1. The molecular formula is C31H30N8O2. The Balaban J connectivity index is 1.24. The predicted molar refractivity (Wildman–Crippen MR) is 156 cm³/mol. The summed E-state index contributed by atoms with van der Waals surface area (Å²) in [4.78, 5) is 32.3. The van der Waals surface area contributed by atoms with Crippen molar-refractivity contribution >= 4 is 22.9 Å². The Bertz CT molecular complexity index is 1750. The molecule has 4 aromatic heterocycles. The summed E-state index contributed by atoms with van der Waals surface area (Å²) in [5.41, 5.74) is 12.7. The number of hydrogen-bond acceptors (Lipinski definition) is 8. The molecule has 5 heterocycles. The Hall–Kier alpha value is -4.83. The zero-order valence-electron chi connectivity index (χ0n) is 22.5. The number of piperidine rings is 1. The second-order valence-corrected chi connectivity index (χ2v) is 10.5. The number of carbonyl (C=O) groups excluding carboxylic acids is 1. The summed E-state index contributed by atoms with van der Waals surface area (Å²) in [6, 6.07) is 14.8. The van der Waals surface area contributed by atoms with Crippen LogP contribution in [0, 0.1) is 0 Å². The van der Waals surface area contributed by atoms with Crippen LogP contribution in [0.25, 0.3) is 39.8 Å². The van der Waals surface area contributed by atoms with E-state index in [1.807, 2.05) is 33.7 Å². The van der Waals surface area contributed by atoms with Crippen LogP contribution in [0.1, 0.15) is 36.4 Å². The Morgan fingerprint density at radius 2 is 1.95 bits per heavy atom. The third-order valence-electron chi connectivity index (χ3n) is 8.12. The number of nitrogen functional groups attached to an aromatic ring is 1. The fourth-order valence-electron chi connectivity index (χ4n) is 6.05. The number of fused-ring (bicyclic) bond motifs is 2. The fraction of sp³-hybridized carbons (Fsp3) is 0.258. The van der Waals surface area contributed by atoms with Crippen molar-refractivity contribution in [2.45, 2.75) is 37.8 Å². The first-order chi connectivity index (χ1) is 20.1. The van der Waals surface area contributed by atoms with Gasteiger partial charge < -0.3 is 20.4 Å². The summed E-state index contributed by atoms with van der Waals surface area (Å²) in [6.45, 7) is 5.14. The van der Waals surface area contributed by atoms with E-state index in [-0.39, 0.29) is 11.9 Å². The van der Waals surface area contributed by atoms with Crippen LogP contribution in [0.5, 0.6) is 0 Å². The molecule has 0 bridgehead atoms. The second kappa shape index (κ2) is 10.3. The predicted octanol–water partition coefficient (Wildman–Crippen LogP) is 4.47. The lowest BCUT2D eigenvalue weighted by molar-refractivity contribution is -0.127. The molecule has 7 rings (SSSR count). The van der Waals surface area contributed by atoms with Crippen LogP contribution in [0.3, 0.4) is 0 Å². The number of amides is 1. The highest BCUT2D eigenvalue weighted by atomic mass is 16.3. The van der Waals surface area contributed by atoms with Crippen molar-refractivity contribution in [1.82, 2.24) is 34.7 Å². The van der Waals surface area contributed by atoms with Crippen molar-refractivity contribution in [3.63, 3.8) is 0 Å². The number of anilines is 1. The molecule has 206 valence electrons. The van der Waals surface area contributed by atoms with E-state index < -0.39 is 0 Å². The highest BCUT2D eigenvalue weighted by Gasteiger charge is 2.29. The highest BCUT2D eigenvalue weighted by molar-refractivity contribution is 5.87. The van der Waals surface area contributed by atoms with Crippen LogP contribution in [0.4, 0.5) is 5.82 Å². The molecule has 1 aliphatic carbocycles. The summed E-state index contributed by atoms with van der Waals surface area (Å²) in [6.07, 6.45) is 10.1. The summed E-state index contributed by atoms with van der Waals surface area (Å²) in [7, 11) is 0. The number of aromatic nitrogens is 5. The maximum atomic E-state index is 12.0. The van der Waals surface area contributed by atoms with Crippen LogP contribution in [0.15, 0.2) is 78.2 Å². The van der Waals surface area contributed by atoms with Crippen molar-refractivity contribution in [3.05, 3.63) is 84.9 Å².